The molecular weight excluding hydrogens is 1280 g/mol. The fraction of sp³-hybridized carbons (Fsp3) is 0.103. The summed E-state index contributed by atoms with van der Waals surface area (Å²) in [5, 5.41) is 5.21. The molecule has 0 aliphatic rings. The second-order valence-corrected chi connectivity index (χ2v) is 44.7. The number of methoxy groups -OCH3 is 4. The Morgan fingerprint density at radius 1 is 0.295 bits per heavy atom. The third kappa shape index (κ3) is 20.8. The average Bonchev–Trinajstić information content (AvgIpc) is 3.45. The van der Waals surface area contributed by atoms with Crippen LogP contribution in [0.25, 0.3) is 44.5 Å². The van der Waals surface area contributed by atoms with E-state index in [0.29, 0.717) is 22.3 Å². The number of esters is 4. The maximum absolute atomic E-state index is 11.8. The van der Waals surface area contributed by atoms with Crippen molar-refractivity contribution in [3.05, 3.63) is 216 Å². The monoisotopic (exact) mass is 1330 g/mol. The van der Waals surface area contributed by atoms with Crippen LogP contribution in [0.1, 0.15) is 41.4 Å². The molecule has 0 aliphatic carbocycles. The molecule has 0 spiro atoms. The van der Waals surface area contributed by atoms with E-state index in [2.05, 4.69) is 98.3 Å². The molecule has 8 aromatic carbocycles. The Morgan fingerprint density at radius 3 is 0.667 bits per heavy atom. The summed E-state index contributed by atoms with van der Waals surface area (Å²) < 4.78 is 19.3. The van der Waals surface area contributed by atoms with Gasteiger partial charge in [0.25, 0.3) is 0 Å². The van der Waals surface area contributed by atoms with Gasteiger partial charge in [-0.3, -0.25) is 0 Å². The molecule has 0 fully saturated rings. The van der Waals surface area contributed by atoms with Crippen LogP contribution in [0, 0.1) is 0 Å². The number of rotatable bonds is 12. The summed E-state index contributed by atoms with van der Waals surface area (Å²) in [4.78, 5) is 47.4. The summed E-state index contributed by atoms with van der Waals surface area (Å²) in [6.45, 7) is 4.59. The molecule has 0 radical (unpaired) electrons. The normalized spacial score (nSPS) is 12.0. The van der Waals surface area contributed by atoms with E-state index in [0.717, 1.165) is 44.5 Å². The van der Waals surface area contributed by atoms with Crippen molar-refractivity contribution in [2.24, 2.45) is 0 Å². The van der Waals surface area contributed by atoms with Crippen LogP contribution in [0.3, 0.4) is 0 Å². The van der Waals surface area contributed by atoms with Crippen LogP contribution >= 0.6 is 96.6 Å². The van der Waals surface area contributed by atoms with Gasteiger partial charge in [0.1, 0.15) is 0 Å². The van der Waals surface area contributed by atoms with Gasteiger partial charge < -0.3 is 18.9 Å². The van der Waals surface area contributed by atoms with Crippen molar-refractivity contribution in [3.63, 3.8) is 0 Å². The van der Waals surface area contributed by atoms with Gasteiger partial charge in [-0.1, -0.05) is 84.9 Å². The Bertz CT molecular complexity index is 2870. The zero-order chi connectivity index (χ0) is 57.2. The Hall–Kier alpha value is -4.14. The summed E-state index contributed by atoms with van der Waals surface area (Å²) >= 11 is 0. The molecule has 0 bridgehead atoms. The van der Waals surface area contributed by atoms with Gasteiger partial charge in [0.15, 0.2) is 0 Å². The van der Waals surface area contributed by atoms with Crippen molar-refractivity contribution >= 4 is 142 Å². The molecule has 0 saturated heterocycles. The Balaban J connectivity index is 0.000000245. The standard InChI is InChI=1S/2C29H25O4P.8ClH.2Mn/c2*1-32-28(30)22-13-9-20(10-14-22)24-17-25(21-11-15-23(16-12-21)29(31)33-2)19-27(18-24)34(3)26-7-5-4-6-8-26;;;;;;;;;;/h2*4-19H,1-3H3;8*1H;;/q;;;;;;;;;;2*+3/p-6. The van der Waals surface area contributed by atoms with Gasteiger partial charge in [0.2, 0.25) is 0 Å². The molecule has 8 nitrogen and oxygen atoms in total. The molecule has 412 valence electrons. The summed E-state index contributed by atoms with van der Waals surface area (Å²) in [5.74, 6) is -1.41. The van der Waals surface area contributed by atoms with E-state index in [-0.39, 0.29) is 23.9 Å². The van der Waals surface area contributed by atoms with Gasteiger partial charge in [-0.2, -0.15) is 0 Å². The molecule has 20 heteroatoms. The van der Waals surface area contributed by atoms with Crippen molar-refractivity contribution in [1.82, 2.24) is 0 Å². The van der Waals surface area contributed by atoms with Crippen molar-refractivity contribution < 1.29 is 56.5 Å². The first-order valence-corrected chi connectivity index (χ1v) is 40.0. The van der Waals surface area contributed by atoms with Crippen molar-refractivity contribution in [2.45, 2.75) is 0 Å². The molecule has 0 aliphatic heterocycles. The van der Waals surface area contributed by atoms with Crippen LogP contribution in [0.5, 0.6) is 0 Å². The molecule has 78 heavy (non-hydrogen) atoms. The molecule has 2 atom stereocenters. The van der Waals surface area contributed by atoms with Crippen LogP contribution in [-0.4, -0.2) is 65.6 Å². The zero-order valence-corrected chi connectivity index (χ0v) is 52.9. The second kappa shape index (κ2) is 31.2. The van der Waals surface area contributed by atoms with Crippen LogP contribution in [0.4, 0.5) is 0 Å². The first-order valence-electron chi connectivity index (χ1n) is 23.0. The van der Waals surface area contributed by atoms with E-state index in [9.17, 15) is 19.2 Å². The van der Waals surface area contributed by atoms with Gasteiger partial charge in [-0.05, 0) is 154 Å². The van der Waals surface area contributed by atoms with E-state index >= 15 is 0 Å². The molecule has 2 unspecified atom stereocenters. The Morgan fingerprint density at radius 2 is 0.487 bits per heavy atom. The third-order valence-electron chi connectivity index (χ3n) is 11.7. The molecule has 0 aromatic heterocycles. The third-order valence-corrected chi connectivity index (χ3v) is 16.4. The number of ether oxygens (including phenoxy) is 4. The van der Waals surface area contributed by atoms with E-state index in [1.54, 1.807) is 48.5 Å². The fourth-order valence-corrected chi connectivity index (χ4v) is 11.3. The first kappa shape index (κ1) is 64.7. The minimum atomic E-state index is -2.74. The molecule has 0 amide bonds. The van der Waals surface area contributed by atoms with Gasteiger partial charge in [0, 0.05) is 0 Å². The van der Waals surface area contributed by atoms with E-state index < -0.39 is 34.2 Å². The SMILES string of the molecule is COC(=O)c1ccc(-c2cc(-c3ccc(C(=O)OC)cc3)cc([PH+](C)c3ccccc3)c2)cc1.COC(=O)c1ccc(-c2cc(-c3ccc(C(=O)OC)cc3)cc([PH+](C)c3ccccc3)c2)cc1.[Cl][Mn-]([Cl])([Cl])[Cl].[Cl][Mn-]([Cl])([Cl])[Cl]. The number of carbonyl (C=O) groups excluding carboxylic acids is 4. The molecule has 0 heterocycles. The minimum absolute atomic E-state index is 0.352. The molecule has 8 aromatic rings. The van der Waals surface area contributed by atoms with Gasteiger partial charge in [0.05, 0.1) is 101 Å². The van der Waals surface area contributed by atoms with Crippen molar-refractivity contribution in [1.29, 1.82) is 0 Å². The number of halogens is 8. The van der Waals surface area contributed by atoms with Crippen LogP contribution in [0.15, 0.2) is 194 Å². The summed E-state index contributed by atoms with van der Waals surface area (Å²) in [6, 6.07) is 64.1. The van der Waals surface area contributed by atoms with Crippen LogP contribution < -0.4 is 21.2 Å². The zero-order valence-electron chi connectivity index (χ0n) is 42.5. The molecule has 0 N–H and O–H groups in total. The van der Waals surface area contributed by atoms with E-state index in [1.165, 1.54) is 49.7 Å². The van der Waals surface area contributed by atoms with Crippen molar-refractivity contribution in [2.75, 3.05) is 41.8 Å². The number of hydrogen-bond donors (Lipinski definition) is 0. The molecule has 8 rings (SSSR count). The average molecular weight is 1330 g/mol. The topological polar surface area (TPSA) is 105 Å². The van der Waals surface area contributed by atoms with Gasteiger partial charge >= 0.3 is 123 Å². The summed E-state index contributed by atoms with van der Waals surface area (Å²) in [6.07, 6.45) is 0. The van der Waals surface area contributed by atoms with Gasteiger partial charge in [-0.25, -0.2) is 19.2 Å². The quantitative estimate of drug-likeness (QED) is 0.0516. The van der Waals surface area contributed by atoms with E-state index in [1.807, 2.05) is 60.7 Å². The summed E-state index contributed by atoms with van der Waals surface area (Å²) in [5.41, 5.74) is 10.4. The Kier molecular flexibility index (Phi) is 25.8. The van der Waals surface area contributed by atoms with Crippen molar-refractivity contribution in [3.8, 4) is 44.5 Å². The predicted molar refractivity (Wildman–Crippen MR) is 327 cm³/mol. The fourth-order valence-electron chi connectivity index (χ4n) is 7.73. The number of carbonyl (C=O) groups is 4. The van der Waals surface area contributed by atoms with E-state index in [4.69, 9.17) is 99.7 Å². The first-order chi connectivity index (χ1) is 37.0. The molecule has 0 saturated carbocycles. The number of hydrogen-bond acceptors (Lipinski definition) is 8. The predicted octanol–water partition coefficient (Wildman–Crippen LogP) is 16.3. The number of benzene rings is 8. The maximum atomic E-state index is 11.8. The summed E-state index contributed by atoms with van der Waals surface area (Å²) in [7, 11) is 37.8. The second-order valence-electron chi connectivity index (χ2n) is 16.5. The van der Waals surface area contributed by atoms with Gasteiger partial charge in [-0.15, -0.1) is 0 Å². The van der Waals surface area contributed by atoms with Crippen LogP contribution in [0.2, 0.25) is 0 Å². The Labute approximate surface area is 496 Å². The molecular formula is C58H52Cl8Mn2O8P2. The van der Waals surface area contributed by atoms with Crippen LogP contribution in [-0.2, 0) is 37.3 Å².